The molecule has 134 valence electrons. The van der Waals surface area contributed by atoms with Gasteiger partial charge in [-0.1, -0.05) is 0 Å². The van der Waals surface area contributed by atoms with Crippen LogP contribution in [0.5, 0.6) is 0 Å². The number of aryl methyl sites for hydroxylation is 3. The molecule has 2 aromatic heterocycles. The topological polar surface area (TPSA) is 73.1 Å². The monoisotopic (exact) mass is 343 g/mol. The van der Waals surface area contributed by atoms with Crippen molar-refractivity contribution in [3.05, 3.63) is 40.7 Å². The van der Waals surface area contributed by atoms with Crippen LogP contribution in [0.2, 0.25) is 0 Å². The number of rotatable bonds is 4. The molecule has 1 aliphatic rings. The molecular weight excluding hydrogens is 318 g/mol. The number of hydrogen-bond acceptors (Lipinski definition) is 5. The van der Waals surface area contributed by atoms with Gasteiger partial charge in [0, 0.05) is 44.9 Å². The van der Waals surface area contributed by atoms with Crippen molar-refractivity contribution in [1.82, 2.24) is 24.6 Å². The van der Waals surface area contributed by atoms with Crippen molar-refractivity contribution in [2.45, 2.75) is 39.2 Å². The summed E-state index contributed by atoms with van der Waals surface area (Å²) in [6, 6.07) is 1.85. The van der Waals surface area contributed by atoms with Gasteiger partial charge < -0.3 is 9.64 Å². The minimum Gasteiger partial charge on any atom is -0.380 e. The van der Waals surface area contributed by atoms with E-state index in [1.54, 1.807) is 11.8 Å². The normalized spacial score (nSPS) is 15.6. The lowest BCUT2D eigenvalue weighted by Crippen LogP contribution is -2.39. The molecule has 7 nitrogen and oxygen atoms in total. The Morgan fingerprint density at radius 3 is 2.64 bits per heavy atom. The van der Waals surface area contributed by atoms with Gasteiger partial charge in [-0.2, -0.15) is 5.10 Å². The minimum atomic E-state index is 0.0533. The Hall–Kier alpha value is -2.28. The van der Waals surface area contributed by atoms with Crippen LogP contribution in [0.25, 0.3) is 0 Å². The summed E-state index contributed by atoms with van der Waals surface area (Å²) in [6.45, 7) is 5.77. The molecule has 0 aromatic carbocycles. The van der Waals surface area contributed by atoms with Gasteiger partial charge in [0.25, 0.3) is 5.91 Å². The smallest absolute Gasteiger partial charge is 0.272 e. The van der Waals surface area contributed by atoms with Crippen molar-refractivity contribution in [1.29, 1.82) is 0 Å². The average Bonchev–Trinajstić information content (AvgIpc) is 2.94. The van der Waals surface area contributed by atoms with E-state index in [0.717, 1.165) is 48.7 Å². The SMILES string of the molecule is COCc1cnc(C)nc1C1CCN(C(=O)c2cc(C)nn2C)CC1. The Kier molecular flexibility index (Phi) is 5.13. The molecule has 0 N–H and O–H groups in total. The number of nitrogens with zero attached hydrogens (tertiary/aromatic N) is 5. The van der Waals surface area contributed by atoms with Crippen molar-refractivity contribution in [3.8, 4) is 0 Å². The third-order valence-electron chi connectivity index (χ3n) is 4.71. The first-order chi connectivity index (χ1) is 12.0. The molecule has 0 aliphatic carbocycles. The van der Waals surface area contributed by atoms with Crippen LogP contribution in [-0.2, 0) is 18.4 Å². The molecule has 1 amide bonds. The molecule has 0 atom stereocenters. The third kappa shape index (κ3) is 3.71. The zero-order valence-electron chi connectivity index (χ0n) is 15.3. The second-order valence-corrected chi connectivity index (χ2v) is 6.62. The van der Waals surface area contributed by atoms with Crippen molar-refractivity contribution >= 4 is 5.91 Å². The molecule has 25 heavy (non-hydrogen) atoms. The van der Waals surface area contributed by atoms with Gasteiger partial charge in [-0.3, -0.25) is 9.48 Å². The molecule has 0 spiro atoms. The zero-order valence-corrected chi connectivity index (χ0v) is 15.3. The standard InChI is InChI=1S/C18H25N5O2/c1-12-9-16(22(3)21-12)18(24)23-7-5-14(6-8-23)17-15(11-25-4)10-19-13(2)20-17/h9-10,14H,5-8,11H2,1-4H3. The highest BCUT2D eigenvalue weighted by atomic mass is 16.5. The lowest BCUT2D eigenvalue weighted by atomic mass is 9.90. The average molecular weight is 343 g/mol. The van der Waals surface area contributed by atoms with E-state index in [-0.39, 0.29) is 5.91 Å². The lowest BCUT2D eigenvalue weighted by Gasteiger charge is -2.32. The molecule has 0 bridgehead atoms. The van der Waals surface area contributed by atoms with E-state index in [1.165, 1.54) is 0 Å². The maximum atomic E-state index is 12.7. The summed E-state index contributed by atoms with van der Waals surface area (Å²) in [5.41, 5.74) is 3.62. The number of amides is 1. The summed E-state index contributed by atoms with van der Waals surface area (Å²) in [5, 5.41) is 4.27. The quantitative estimate of drug-likeness (QED) is 0.849. The molecular formula is C18H25N5O2. The molecule has 0 saturated carbocycles. The van der Waals surface area contributed by atoms with Crippen molar-refractivity contribution in [2.75, 3.05) is 20.2 Å². The highest BCUT2D eigenvalue weighted by molar-refractivity contribution is 5.92. The van der Waals surface area contributed by atoms with E-state index in [2.05, 4.69) is 15.1 Å². The first-order valence-corrected chi connectivity index (χ1v) is 8.61. The second-order valence-electron chi connectivity index (χ2n) is 6.62. The maximum absolute atomic E-state index is 12.7. The first kappa shape index (κ1) is 17.5. The van der Waals surface area contributed by atoms with Crippen LogP contribution in [-0.4, -0.2) is 50.8 Å². The molecule has 2 aromatic rings. The van der Waals surface area contributed by atoms with Gasteiger partial charge in [0.15, 0.2) is 0 Å². The number of aromatic nitrogens is 4. The Morgan fingerprint density at radius 2 is 2.04 bits per heavy atom. The van der Waals surface area contributed by atoms with Crippen LogP contribution >= 0.6 is 0 Å². The first-order valence-electron chi connectivity index (χ1n) is 8.61. The number of methoxy groups -OCH3 is 1. The summed E-state index contributed by atoms with van der Waals surface area (Å²) < 4.78 is 6.94. The van der Waals surface area contributed by atoms with E-state index in [9.17, 15) is 4.79 Å². The van der Waals surface area contributed by atoms with Crippen LogP contribution in [0, 0.1) is 13.8 Å². The predicted molar refractivity (Wildman–Crippen MR) is 93.3 cm³/mol. The van der Waals surface area contributed by atoms with E-state index in [0.29, 0.717) is 18.2 Å². The van der Waals surface area contributed by atoms with Crippen LogP contribution < -0.4 is 0 Å². The zero-order chi connectivity index (χ0) is 18.0. The predicted octanol–water partition coefficient (Wildman–Crippen LogP) is 1.99. The van der Waals surface area contributed by atoms with Gasteiger partial charge in [-0.05, 0) is 32.8 Å². The largest absolute Gasteiger partial charge is 0.380 e. The fourth-order valence-electron chi connectivity index (χ4n) is 3.46. The van der Waals surface area contributed by atoms with Crippen LogP contribution in [0.3, 0.4) is 0 Å². The number of piperidine rings is 1. The number of carbonyl (C=O) groups excluding carboxylic acids is 1. The Bertz CT molecular complexity index is 763. The molecule has 1 aliphatic heterocycles. The van der Waals surface area contributed by atoms with Gasteiger partial charge >= 0.3 is 0 Å². The lowest BCUT2D eigenvalue weighted by molar-refractivity contribution is 0.0700. The molecule has 3 heterocycles. The Labute approximate surface area is 148 Å². The van der Waals surface area contributed by atoms with Crippen LogP contribution in [0.4, 0.5) is 0 Å². The van der Waals surface area contributed by atoms with Gasteiger partial charge in [-0.25, -0.2) is 9.97 Å². The van der Waals surface area contributed by atoms with E-state index in [4.69, 9.17) is 4.74 Å². The molecule has 3 rings (SSSR count). The Morgan fingerprint density at radius 1 is 1.32 bits per heavy atom. The molecule has 1 fully saturated rings. The second kappa shape index (κ2) is 7.31. The number of hydrogen-bond donors (Lipinski definition) is 0. The highest BCUT2D eigenvalue weighted by Gasteiger charge is 2.28. The number of ether oxygens (including phenoxy) is 1. The van der Waals surface area contributed by atoms with Gasteiger partial charge in [0.2, 0.25) is 0 Å². The van der Waals surface area contributed by atoms with E-state index in [1.807, 2.05) is 38.1 Å². The molecule has 7 heteroatoms. The maximum Gasteiger partial charge on any atom is 0.272 e. The van der Waals surface area contributed by atoms with Gasteiger partial charge in [-0.15, -0.1) is 0 Å². The highest BCUT2D eigenvalue weighted by Crippen LogP contribution is 2.30. The van der Waals surface area contributed by atoms with Crippen molar-refractivity contribution < 1.29 is 9.53 Å². The third-order valence-corrected chi connectivity index (χ3v) is 4.71. The Balaban J connectivity index is 1.71. The number of carbonyl (C=O) groups is 1. The van der Waals surface area contributed by atoms with E-state index >= 15 is 0 Å². The minimum absolute atomic E-state index is 0.0533. The summed E-state index contributed by atoms with van der Waals surface area (Å²) in [6.07, 6.45) is 3.66. The van der Waals surface area contributed by atoms with Gasteiger partial charge in [0.05, 0.1) is 18.0 Å². The molecule has 0 radical (unpaired) electrons. The summed E-state index contributed by atoms with van der Waals surface area (Å²) in [5.74, 6) is 1.17. The summed E-state index contributed by atoms with van der Waals surface area (Å²) in [4.78, 5) is 23.6. The van der Waals surface area contributed by atoms with Gasteiger partial charge in [0.1, 0.15) is 11.5 Å². The van der Waals surface area contributed by atoms with Crippen LogP contribution in [0.1, 0.15) is 52.0 Å². The van der Waals surface area contributed by atoms with Crippen molar-refractivity contribution in [3.63, 3.8) is 0 Å². The molecule has 0 unspecified atom stereocenters. The number of likely N-dealkylation sites (tertiary alicyclic amines) is 1. The molecule has 1 saturated heterocycles. The fourth-order valence-corrected chi connectivity index (χ4v) is 3.46. The van der Waals surface area contributed by atoms with E-state index < -0.39 is 0 Å². The fraction of sp³-hybridized carbons (Fsp3) is 0.556. The van der Waals surface area contributed by atoms with Crippen LogP contribution in [0.15, 0.2) is 12.3 Å². The van der Waals surface area contributed by atoms with Crippen molar-refractivity contribution in [2.24, 2.45) is 7.05 Å². The summed E-state index contributed by atoms with van der Waals surface area (Å²) >= 11 is 0. The summed E-state index contributed by atoms with van der Waals surface area (Å²) in [7, 11) is 3.49.